The van der Waals surface area contributed by atoms with Gasteiger partial charge in [0, 0.05) is 17.5 Å². The highest BCUT2D eigenvalue weighted by molar-refractivity contribution is 6.06. The highest BCUT2D eigenvalue weighted by atomic mass is 35.5. The molecule has 122 valence electrons. The summed E-state index contributed by atoms with van der Waals surface area (Å²) in [5.41, 5.74) is 3.06. The summed E-state index contributed by atoms with van der Waals surface area (Å²) >= 11 is 0. The first-order valence-corrected chi connectivity index (χ1v) is 7.49. The van der Waals surface area contributed by atoms with E-state index in [-0.39, 0.29) is 18.2 Å². The number of hydrogen-bond donors (Lipinski definition) is 2. The first kappa shape index (κ1) is 16.1. The number of nitrogens with zero attached hydrogens (tertiary/aromatic N) is 2. The number of phenols is 1. The lowest BCUT2D eigenvalue weighted by atomic mass is 10.2. The van der Waals surface area contributed by atoms with Crippen LogP contribution in [0, 0.1) is 0 Å². The normalized spacial score (nSPS) is 10.7. The number of aryl methyl sites for hydroxylation is 1. The second-order valence-corrected chi connectivity index (χ2v) is 5.29. The van der Waals surface area contributed by atoms with E-state index >= 15 is 0 Å². The fourth-order valence-electron chi connectivity index (χ4n) is 2.56. The minimum Gasteiger partial charge on any atom is -0.508 e. The van der Waals surface area contributed by atoms with Gasteiger partial charge >= 0.3 is 0 Å². The number of anilines is 2. The molecule has 4 aromatic rings. The number of fused-ring (bicyclic) bond motifs is 3. The Balaban J connectivity index is 0.00000169. The van der Waals surface area contributed by atoms with Gasteiger partial charge in [0.15, 0.2) is 11.4 Å². The SMILES string of the molecule is CCc1nc(Nc2ccc(O)cc2)c2oc3ccccc3c2n1.Cl. The van der Waals surface area contributed by atoms with Crippen molar-refractivity contribution in [2.45, 2.75) is 13.3 Å². The number of hydrogen-bond acceptors (Lipinski definition) is 5. The van der Waals surface area contributed by atoms with E-state index in [2.05, 4.69) is 15.3 Å². The number of aromatic hydroxyl groups is 1. The maximum atomic E-state index is 9.40. The number of para-hydroxylation sites is 1. The standard InChI is InChI=1S/C18H15N3O2.ClH/c1-2-15-20-16-13-5-3-4-6-14(13)23-17(16)18(21-15)19-11-7-9-12(22)10-8-11;/h3-10,22H,2H2,1H3,(H,19,20,21);1H. The van der Waals surface area contributed by atoms with Crippen LogP contribution in [0.15, 0.2) is 52.9 Å². The second-order valence-electron chi connectivity index (χ2n) is 5.29. The van der Waals surface area contributed by atoms with E-state index in [4.69, 9.17) is 4.42 Å². The van der Waals surface area contributed by atoms with Crippen molar-refractivity contribution in [3.05, 3.63) is 54.4 Å². The lowest BCUT2D eigenvalue weighted by Crippen LogP contribution is -1.99. The molecule has 0 radical (unpaired) electrons. The summed E-state index contributed by atoms with van der Waals surface area (Å²) in [6.07, 6.45) is 0.736. The van der Waals surface area contributed by atoms with Crippen molar-refractivity contribution in [3.63, 3.8) is 0 Å². The number of benzene rings is 2. The molecule has 2 heterocycles. The fraction of sp³-hybridized carbons (Fsp3) is 0.111. The van der Waals surface area contributed by atoms with Crippen molar-refractivity contribution in [1.82, 2.24) is 9.97 Å². The molecule has 2 aromatic heterocycles. The Labute approximate surface area is 144 Å². The zero-order valence-corrected chi connectivity index (χ0v) is 13.8. The van der Waals surface area contributed by atoms with Gasteiger partial charge in [0.05, 0.1) is 0 Å². The summed E-state index contributed by atoms with van der Waals surface area (Å²) in [5, 5.41) is 13.6. The van der Waals surface area contributed by atoms with E-state index in [0.717, 1.165) is 34.4 Å². The summed E-state index contributed by atoms with van der Waals surface area (Å²) in [7, 11) is 0. The Morgan fingerprint density at radius 3 is 2.54 bits per heavy atom. The molecular formula is C18H16ClN3O2. The lowest BCUT2D eigenvalue weighted by Gasteiger charge is -2.07. The third kappa shape index (κ3) is 2.74. The molecule has 0 amide bonds. The summed E-state index contributed by atoms with van der Waals surface area (Å²) in [5.74, 6) is 1.61. The molecular weight excluding hydrogens is 326 g/mol. The smallest absolute Gasteiger partial charge is 0.196 e. The number of aromatic nitrogens is 2. The second kappa shape index (κ2) is 6.37. The largest absolute Gasteiger partial charge is 0.508 e. The van der Waals surface area contributed by atoms with Gasteiger partial charge in [-0.2, -0.15) is 0 Å². The minimum atomic E-state index is 0. The van der Waals surface area contributed by atoms with Gasteiger partial charge < -0.3 is 14.8 Å². The van der Waals surface area contributed by atoms with Crippen molar-refractivity contribution in [2.24, 2.45) is 0 Å². The molecule has 0 fully saturated rings. The molecule has 2 aromatic carbocycles. The van der Waals surface area contributed by atoms with E-state index in [9.17, 15) is 5.11 Å². The van der Waals surface area contributed by atoms with E-state index in [0.29, 0.717) is 11.4 Å². The molecule has 0 aliphatic carbocycles. The van der Waals surface area contributed by atoms with E-state index in [1.165, 1.54) is 0 Å². The van der Waals surface area contributed by atoms with E-state index in [1.807, 2.05) is 31.2 Å². The first-order chi connectivity index (χ1) is 11.2. The third-order valence-corrected chi connectivity index (χ3v) is 3.71. The first-order valence-electron chi connectivity index (χ1n) is 7.49. The molecule has 0 saturated carbocycles. The molecule has 0 aliphatic rings. The van der Waals surface area contributed by atoms with Crippen molar-refractivity contribution in [2.75, 3.05) is 5.32 Å². The highest BCUT2D eigenvalue weighted by Crippen LogP contribution is 2.32. The topological polar surface area (TPSA) is 71.2 Å². The van der Waals surface area contributed by atoms with Crippen molar-refractivity contribution < 1.29 is 9.52 Å². The average Bonchev–Trinajstić information content (AvgIpc) is 2.96. The summed E-state index contributed by atoms with van der Waals surface area (Å²) in [6.45, 7) is 2.02. The van der Waals surface area contributed by atoms with Crippen LogP contribution in [0.4, 0.5) is 11.5 Å². The van der Waals surface area contributed by atoms with Crippen LogP contribution >= 0.6 is 12.4 Å². The van der Waals surface area contributed by atoms with Crippen molar-refractivity contribution in [3.8, 4) is 5.75 Å². The van der Waals surface area contributed by atoms with Gasteiger partial charge in [0.1, 0.15) is 22.7 Å². The van der Waals surface area contributed by atoms with Crippen LogP contribution in [0.5, 0.6) is 5.75 Å². The quantitative estimate of drug-likeness (QED) is 0.523. The van der Waals surface area contributed by atoms with Crippen LogP contribution in [0.1, 0.15) is 12.7 Å². The number of halogens is 1. The molecule has 0 unspecified atom stereocenters. The maximum Gasteiger partial charge on any atom is 0.196 e. The van der Waals surface area contributed by atoms with Crippen molar-refractivity contribution >= 4 is 46.0 Å². The molecule has 0 aliphatic heterocycles. The Morgan fingerprint density at radius 1 is 1.04 bits per heavy atom. The Bertz CT molecular complexity index is 996. The molecule has 24 heavy (non-hydrogen) atoms. The molecule has 6 heteroatoms. The summed E-state index contributed by atoms with van der Waals surface area (Å²) in [6, 6.07) is 14.7. The molecule has 0 saturated heterocycles. The molecule has 5 nitrogen and oxygen atoms in total. The summed E-state index contributed by atoms with van der Waals surface area (Å²) < 4.78 is 5.94. The predicted octanol–water partition coefficient (Wildman–Crippen LogP) is 4.81. The van der Waals surface area contributed by atoms with E-state index in [1.54, 1.807) is 24.3 Å². The predicted molar refractivity (Wildman–Crippen MR) is 97.3 cm³/mol. The number of nitrogens with one attached hydrogen (secondary N) is 1. The van der Waals surface area contributed by atoms with Crippen LogP contribution in [0.3, 0.4) is 0 Å². The number of phenolic OH excluding ortho intramolecular Hbond substituents is 1. The third-order valence-electron chi connectivity index (χ3n) is 3.71. The minimum absolute atomic E-state index is 0. The van der Waals surface area contributed by atoms with Crippen LogP contribution in [-0.4, -0.2) is 15.1 Å². The monoisotopic (exact) mass is 341 g/mol. The lowest BCUT2D eigenvalue weighted by molar-refractivity contribution is 0.475. The van der Waals surface area contributed by atoms with Gasteiger partial charge in [-0.25, -0.2) is 9.97 Å². The Kier molecular flexibility index (Phi) is 4.27. The van der Waals surface area contributed by atoms with Crippen LogP contribution in [0.2, 0.25) is 0 Å². The zero-order valence-electron chi connectivity index (χ0n) is 13.0. The Morgan fingerprint density at radius 2 is 1.79 bits per heavy atom. The van der Waals surface area contributed by atoms with E-state index < -0.39 is 0 Å². The molecule has 0 atom stereocenters. The van der Waals surface area contributed by atoms with Gasteiger partial charge in [0.25, 0.3) is 0 Å². The molecule has 0 bridgehead atoms. The van der Waals surface area contributed by atoms with Gasteiger partial charge in [-0.1, -0.05) is 19.1 Å². The van der Waals surface area contributed by atoms with Gasteiger partial charge in [0.2, 0.25) is 0 Å². The number of furan rings is 1. The molecule has 2 N–H and O–H groups in total. The fourth-order valence-corrected chi connectivity index (χ4v) is 2.56. The number of rotatable bonds is 3. The van der Waals surface area contributed by atoms with Gasteiger partial charge in [-0.15, -0.1) is 12.4 Å². The van der Waals surface area contributed by atoms with Crippen molar-refractivity contribution in [1.29, 1.82) is 0 Å². The average molecular weight is 342 g/mol. The molecule has 4 rings (SSSR count). The maximum absolute atomic E-state index is 9.40. The van der Waals surface area contributed by atoms with Crippen LogP contribution < -0.4 is 5.32 Å². The highest BCUT2D eigenvalue weighted by Gasteiger charge is 2.15. The summed E-state index contributed by atoms with van der Waals surface area (Å²) in [4.78, 5) is 9.17. The Hall–Kier alpha value is -2.79. The van der Waals surface area contributed by atoms with Gasteiger partial charge in [-0.3, -0.25) is 0 Å². The zero-order chi connectivity index (χ0) is 15.8. The van der Waals surface area contributed by atoms with Gasteiger partial charge in [-0.05, 0) is 36.4 Å². The van der Waals surface area contributed by atoms with Crippen LogP contribution in [-0.2, 0) is 6.42 Å². The van der Waals surface area contributed by atoms with Crippen LogP contribution in [0.25, 0.3) is 22.1 Å². The molecule has 0 spiro atoms.